The Labute approximate surface area is 178 Å². The SMILES string of the molecule is N#Cc1ccc(C2C3=C(CCC3=O)N(c3cccc(CF)c3)C(=O)N2CC(N)=O)cc1. The van der Waals surface area contributed by atoms with Gasteiger partial charge in [-0.05, 0) is 41.8 Å². The molecule has 0 fully saturated rings. The fourth-order valence-electron chi connectivity index (χ4n) is 4.17. The maximum atomic E-state index is 13.6. The highest BCUT2D eigenvalue weighted by molar-refractivity contribution is 6.08. The second-order valence-electron chi connectivity index (χ2n) is 7.44. The standard InChI is InChI=1S/C23H19FN4O3/c24-11-15-2-1-3-17(10-15)28-18-8-9-19(29)21(18)22(27(23(28)31)13-20(26)30)16-6-4-14(12-25)5-7-16/h1-7,10,22H,8-9,11,13H2,(H2,26,30). The van der Waals surface area contributed by atoms with Crippen molar-refractivity contribution in [2.75, 3.05) is 11.4 Å². The van der Waals surface area contributed by atoms with Gasteiger partial charge in [0.1, 0.15) is 13.2 Å². The van der Waals surface area contributed by atoms with Gasteiger partial charge in [0, 0.05) is 17.7 Å². The number of Topliss-reactive ketones (excluding diaryl/α,β-unsaturated/α-hetero) is 1. The molecule has 156 valence electrons. The van der Waals surface area contributed by atoms with Gasteiger partial charge >= 0.3 is 6.03 Å². The van der Waals surface area contributed by atoms with Gasteiger partial charge in [-0.3, -0.25) is 14.5 Å². The minimum absolute atomic E-state index is 0.127. The quantitative estimate of drug-likeness (QED) is 0.805. The molecule has 8 heteroatoms. The van der Waals surface area contributed by atoms with Crippen LogP contribution >= 0.6 is 0 Å². The fraction of sp³-hybridized carbons (Fsp3) is 0.217. The van der Waals surface area contributed by atoms with E-state index in [0.29, 0.717) is 40.1 Å². The minimum Gasteiger partial charge on any atom is -0.368 e. The molecule has 0 radical (unpaired) electrons. The minimum atomic E-state index is -0.793. The number of primary amides is 1. The van der Waals surface area contributed by atoms with E-state index < -0.39 is 31.2 Å². The second-order valence-corrected chi connectivity index (χ2v) is 7.44. The van der Waals surface area contributed by atoms with Gasteiger partial charge in [0.25, 0.3) is 0 Å². The highest BCUT2D eigenvalue weighted by atomic mass is 19.1. The molecule has 0 spiro atoms. The van der Waals surface area contributed by atoms with Crippen molar-refractivity contribution in [1.29, 1.82) is 5.26 Å². The summed E-state index contributed by atoms with van der Waals surface area (Å²) in [6, 6.07) is 13.7. The number of alkyl halides is 1. The van der Waals surface area contributed by atoms with Crippen molar-refractivity contribution in [3.8, 4) is 6.07 Å². The zero-order valence-corrected chi connectivity index (χ0v) is 16.5. The molecule has 1 unspecified atom stereocenters. The first-order valence-corrected chi connectivity index (χ1v) is 9.75. The van der Waals surface area contributed by atoms with Crippen LogP contribution in [0.15, 0.2) is 59.8 Å². The summed E-state index contributed by atoms with van der Waals surface area (Å²) in [7, 11) is 0. The molecule has 3 amide bonds. The number of nitrogens with zero attached hydrogens (tertiary/aromatic N) is 3. The summed E-state index contributed by atoms with van der Waals surface area (Å²) in [5.74, 6) is -0.850. The number of nitriles is 1. The van der Waals surface area contributed by atoms with Crippen LogP contribution in [0.4, 0.5) is 14.9 Å². The maximum absolute atomic E-state index is 13.6. The number of halogens is 1. The Morgan fingerprint density at radius 1 is 1.16 bits per heavy atom. The largest absolute Gasteiger partial charge is 0.368 e. The van der Waals surface area contributed by atoms with Crippen molar-refractivity contribution >= 4 is 23.4 Å². The number of rotatable bonds is 5. The Bertz CT molecular complexity index is 1150. The monoisotopic (exact) mass is 418 g/mol. The van der Waals surface area contributed by atoms with E-state index in [-0.39, 0.29) is 12.2 Å². The van der Waals surface area contributed by atoms with Gasteiger partial charge in [-0.1, -0.05) is 24.3 Å². The average molecular weight is 418 g/mol. The number of allylic oxidation sites excluding steroid dienone is 1. The molecule has 31 heavy (non-hydrogen) atoms. The van der Waals surface area contributed by atoms with E-state index >= 15 is 0 Å². The van der Waals surface area contributed by atoms with Crippen molar-refractivity contribution in [3.63, 3.8) is 0 Å². The van der Waals surface area contributed by atoms with Crippen LogP contribution in [0.5, 0.6) is 0 Å². The number of hydrogen-bond acceptors (Lipinski definition) is 4. The zero-order chi connectivity index (χ0) is 22.1. The van der Waals surface area contributed by atoms with E-state index in [4.69, 9.17) is 11.0 Å². The van der Waals surface area contributed by atoms with Crippen LogP contribution in [-0.2, 0) is 16.3 Å². The smallest absolute Gasteiger partial charge is 0.330 e. The van der Waals surface area contributed by atoms with Gasteiger partial charge < -0.3 is 10.6 Å². The van der Waals surface area contributed by atoms with Gasteiger partial charge in [0.15, 0.2) is 5.78 Å². The predicted molar refractivity (Wildman–Crippen MR) is 110 cm³/mol. The summed E-state index contributed by atoms with van der Waals surface area (Å²) in [5.41, 5.74) is 8.25. The Kier molecular flexibility index (Phi) is 5.26. The van der Waals surface area contributed by atoms with Crippen molar-refractivity contribution < 1.29 is 18.8 Å². The molecule has 0 bridgehead atoms. The lowest BCUT2D eigenvalue weighted by atomic mass is 9.92. The van der Waals surface area contributed by atoms with Crippen molar-refractivity contribution in [2.45, 2.75) is 25.6 Å². The topological polar surface area (TPSA) is 108 Å². The molecule has 2 N–H and O–H groups in total. The van der Waals surface area contributed by atoms with Gasteiger partial charge in [-0.2, -0.15) is 5.26 Å². The van der Waals surface area contributed by atoms with Crippen LogP contribution < -0.4 is 10.6 Å². The Hall–Kier alpha value is -3.99. The van der Waals surface area contributed by atoms with E-state index in [2.05, 4.69) is 0 Å². The number of benzene rings is 2. The first-order valence-electron chi connectivity index (χ1n) is 9.75. The number of amides is 3. The van der Waals surface area contributed by atoms with Crippen LogP contribution in [0, 0.1) is 11.3 Å². The number of carbonyl (C=O) groups is 3. The maximum Gasteiger partial charge on any atom is 0.330 e. The summed E-state index contributed by atoms with van der Waals surface area (Å²) in [6.07, 6.45) is 0.589. The highest BCUT2D eigenvalue weighted by Gasteiger charge is 2.46. The van der Waals surface area contributed by atoms with Crippen molar-refractivity contribution in [3.05, 3.63) is 76.5 Å². The van der Waals surface area contributed by atoms with E-state index in [0.717, 1.165) is 0 Å². The van der Waals surface area contributed by atoms with E-state index in [1.165, 1.54) is 9.80 Å². The summed E-state index contributed by atoms with van der Waals surface area (Å²) in [6.45, 7) is -1.09. The molecule has 0 aromatic heterocycles. The van der Waals surface area contributed by atoms with Gasteiger partial charge in [0.2, 0.25) is 5.91 Å². The van der Waals surface area contributed by atoms with Gasteiger partial charge in [0.05, 0.1) is 23.4 Å². The summed E-state index contributed by atoms with van der Waals surface area (Å²) in [5, 5.41) is 9.08. The zero-order valence-electron chi connectivity index (χ0n) is 16.5. The first kappa shape index (κ1) is 20.3. The number of nitrogens with two attached hydrogens (primary N) is 1. The fourth-order valence-corrected chi connectivity index (χ4v) is 4.17. The highest BCUT2D eigenvalue weighted by Crippen LogP contribution is 2.44. The molecule has 0 saturated carbocycles. The summed E-state index contributed by atoms with van der Waals surface area (Å²) < 4.78 is 13.2. The van der Waals surface area contributed by atoms with Crippen LogP contribution in [0.1, 0.15) is 35.6 Å². The number of hydrogen-bond donors (Lipinski definition) is 1. The third kappa shape index (κ3) is 3.55. The molecule has 4 rings (SSSR count). The molecular formula is C23H19FN4O3. The summed E-state index contributed by atoms with van der Waals surface area (Å²) in [4.78, 5) is 40.9. The molecule has 1 aliphatic carbocycles. The van der Waals surface area contributed by atoms with Crippen molar-refractivity contribution in [2.24, 2.45) is 5.73 Å². The average Bonchev–Trinajstić information content (AvgIpc) is 3.15. The van der Waals surface area contributed by atoms with Crippen molar-refractivity contribution in [1.82, 2.24) is 4.90 Å². The molecule has 7 nitrogen and oxygen atoms in total. The lowest BCUT2D eigenvalue weighted by Crippen LogP contribution is -2.52. The summed E-state index contributed by atoms with van der Waals surface area (Å²) >= 11 is 0. The first-order chi connectivity index (χ1) is 14.9. The lowest BCUT2D eigenvalue weighted by Gasteiger charge is -2.41. The Morgan fingerprint density at radius 3 is 2.55 bits per heavy atom. The molecule has 2 aromatic carbocycles. The van der Waals surface area contributed by atoms with E-state index in [1.807, 2.05) is 6.07 Å². The normalized spacial score (nSPS) is 18.3. The lowest BCUT2D eigenvalue weighted by molar-refractivity contribution is -0.120. The van der Waals surface area contributed by atoms with Gasteiger partial charge in [-0.25, -0.2) is 9.18 Å². The molecule has 1 heterocycles. The van der Waals surface area contributed by atoms with Gasteiger partial charge in [-0.15, -0.1) is 0 Å². The third-order valence-corrected chi connectivity index (χ3v) is 5.50. The molecule has 0 saturated heterocycles. The number of anilines is 1. The predicted octanol–water partition coefficient (Wildman–Crippen LogP) is 3.11. The Balaban J connectivity index is 1.90. The number of urea groups is 1. The van der Waals surface area contributed by atoms with Crippen LogP contribution in [0.2, 0.25) is 0 Å². The number of ketones is 1. The van der Waals surface area contributed by atoms with E-state index in [9.17, 15) is 18.8 Å². The molecule has 1 atom stereocenters. The molecular weight excluding hydrogens is 399 g/mol. The van der Waals surface area contributed by atoms with Crippen LogP contribution in [-0.4, -0.2) is 29.2 Å². The van der Waals surface area contributed by atoms with E-state index in [1.54, 1.807) is 48.5 Å². The molecule has 1 aliphatic heterocycles. The third-order valence-electron chi connectivity index (χ3n) is 5.50. The van der Waals surface area contributed by atoms with Crippen LogP contribution in [0.3, 0.4) is 0 Å². The van der Waals surface area contributed by atoms with Crippen LogP contribution in [0.25, 0.3) is 0 Å². The molecule has 2 aromatic rings. The Morgan fingerprint density at radius 2 is 1.90 bits per heavy atom. The second kappa shape index (κ2) is 8.03. The number of carbonyl (C=O) groups excluding carboxylic acids is 3. The molecule has 2 aliphatic rings.